The van der Waals surface area contributed by atoms with E-state index in [1.165, 1.54) is 23.9 Å². The molecule has 0 spiro atoms. The minimum absolute atomic E-state index is 0.0733. The van der Waals surface area contributed by atoms with Crippen LogP contribution in [0.1, 0.15) is 0 Å². The van der Waals surface area contributed by atoms with E-state index in [0.717, 1.165) is 14.3 Å². The van der Waals surface area contributed by atoms with Gasteiger partial charge in [0, 0.05) is 26.4 Å². The Bertz CT molecular complexity index is 586. The summed E-state index contributed by atoms with van der Waals surface area (Å²) in [6.07, 6.45) is 0. The molecule has 0 aromatic heterocycles. The van der Waals surface area contributed by atoms with Crippen LogP contribution in [0.3, 0.4) is 0 Å². The van der Waals surface area contributed by atoms with E-state index in [1.54, 1.807) is 30.3 Å². The molecule has 0 aliphatic heterocycles. The van der Waals surface area contributed by atoms with Gasteiger partial charge in [-0.1, -0.05) is 11.8 Å². The lowest BCUT2D eigenvalue weighted by Gasteiger charge is -2.04. The second-order valence-corrected chi connectivity index (χ2v) is 5.44. The first kappa shape index (κ1) is 12.9. The maximum Gasteiger partial charge on any atom is 0.269 e. The van der Waals surface area contributed by atoms with Gasteiger partial charge in [0.1, 0.15) is 5.75 Å². The lowest BCUT2D eigenvalue weighted by atomic mass is 10.3. The van der Waals surface area contributed by atoms with Gasteiger partial charge < -0.3 is 5.11 Å². The van der Waals surface area contributed by atoms with Gasteiger partial charge in [0.15, 0.2) is 0 Å². The van der Waals surface area contributed by atoms with Gasteiger partial charge in [0.05, 0.1) is 4.92 Å². The highest BCUT2D eigenvalue weighted by atomic mass is 79.9. The number of benzene rings is 2. The minimum Gasteiger partial charge on any atom is -0.508 e. The molecule has 0 fully saturated rings. The van der Waals surface area contributed by atoms with Crippen LogP contribution in [0.15, 0.2) is 56.7 Å². The fraction of sp³-hybridized carbons (Fsp3) is 0. The lowest BCUT2D eigenvalue weighted by Crippen LogP contribution is -1.86. The molecule has 0 amide bonds. The third-order valence-corrected chi connectivity index (χ3v) is 4.19. The van der Waals surface area contributed by atoms with Gasteiger partial charge in [-0.3, -0.25) is 10.1 Å². The predicted molar refractivity (Wildman–Crippen MR) is 73.0 cm³/mol. The first-order chi connectivity index (χ1) is 8.56. The Morgan fingerprint density at radius 2 is 1.83 bits per heavy atom. The molecule has 18 heavy (non-hydrogen) atoms. The molecule has 2 aromatic rings. The van der Waals surface area contributed by atoms with Crippen LogP contribution in [0, 0.1) is 10.1 Å². The van der Waals surface area contributed by atoms with Crippen LogP contribution < -0.4 is 0 Å². The highest BCUT2D eigenvalue weighted by Gasteiger charge is 2.07. The van der Waals surface area contributed by atoms with Gasteiger partial charge in [0.25, 0.3) is 5.69 Å². The van der Waals surface area contributed by atoms with Crippen molar-refractivity contribution in [2.24, 2.45) is 0 Å². The highest BCUT2D eigenvalue weighted by Crippen LogP contribution is 2.35. The Morgan fingerprint density at radius 3 is 2.39 bits per heavy atom. The molecule has 0 aliphatic carbocycles. The number of rotatable bonds is 3. The number of non-ortho nitro benzene ring substituents is 1. The van der Waals surface area contributed by atoms with Crippen molar-refractivity contribution >= 4 is 33.4 Å². The molecule has 4 nitrogen and oxygen atoms in total. The number of nitrogens with zero attached hydrogens (tertiary/aromatic N) is 1. The number of nitro benzene ring substituents is 1. The van der Waals surface area contributed by atoms with Crippen molar-refractivity contribution < 1.29 is 10.0 Å². The summed E-state index contributed by atoms with van der Waals surface area (Å²) in [4.78, 5) is 11.9. The normalized spacial score (nSPS) is 10.3. The van der Waals surface area contributed by atoms with E-state index in [9.17, 15) is 15.2 Å². The standard InChI is InChI=1S/C12H8BrNO3S/c13-11-7-9(15)3-6-12(11)18-10-4-1-8(2-5-10)14(16)17/h1-7,15H. The van der Waals surface area contributed by atoms with E-state index in [-0.39, 0.29) is 11.4 Å². The molecule has 2 rings (SSSR count). The van der Waals surface area contributed by atoms with Crippen molar-refractivity contribution in [1.29, 1.82) is 0 Å². The van der Waals surface area contributed by atoms with Crippen LogP contribution in [0.4, 0.5) is 5.69 Å². The molecule has 0 heterocycles. The average Bonchev–Trinajstić information content (AvgIpc) is 2.33. The topological polar surface area (TPSA) is 63.4 Å². The van der Waals surface area contributed by atoms with Gasteiger partial charge in [-0.05, 0) is 46.3 Å². The summed E-state index contributed by atoms with van der Waals surface area (Å²) in [5, 5.41) is 19.8. The van der Waals surface area contributed by atoms with E-state index in [1.807, 2.05) is 0 Å². The lowest BCUT2D eigenvalue weighted by molar-refractivity contribution is -0.384. The molecule has 0 aliphatic rings. The third-order valence-electron chi connectivity index (χ3n) is 2.19. The number of phenols is 1. The summed E-state index contributed by atoms with van der Waals surface area (Å²) >= 11 is 4.82. The number of nitro groups is 1. The Morgan fingerprint density at radius 1 is 1.17 bits per heavy atom. The fourth-order valence-electron chi connectivity index (χ4n) is 1.34. The van der Waals surface area contributed by atoms with E-state index in [2.05, 4.69) is 15.9 Å². The molecule has 0 saturated carbocycles. The summed E-state index contributed by atoms with van der Waals surface area (Å²) < 4.78 is 0.783. The molecule has 0 saturated heterocycles. The molecule has 0 unspecified atom stereocenters. The molecule has 2 aromatic carbocycles. The van der Waals surface area contributed by atoms with E-state index in [4.69, 9.17) is 0 Å². The van der Waals surface area contributed by atoms with Crippen molar-refractivity contribution in [3.8, 4) is 5.75 Å². The maximum absolute atomic E-state index is 10.5. The number of halogens is 1. The molecule has 6 heteroatoms. The van der Waals surface area contributed by atoms with Gasteiger partial charge in [-0.25, -0.2) is 0 Å². The van der Waals surface area contributed by atoms with Gasteiger partial charge in [0.2, 0.25) is 0 Å². The Balaban J connectivity index is 2.21. The third kappa shape index (κ3) is 3.02. The number of phenolic OH excluding ortho intramolecular Hbond substituents is 1. The fourth-order valence-corrected chi connectivity index (χ4v) is 2.76. The van der Waals surface area contributed by atoms with Crippen LogP contribution in [0.25, 0.3) is 0 Å². The number of aromatic hydroxyl groups is 1. The SMILES string of the molecule is O=[N+]([O-])c1ccc(Sc2ccc(O)cc2Br)cc1. The van der Waals surface area contributed by atoms with Crippen molar-refractivity contribution in [1.82, 2.24) is 0 Å². The van der Waals surface area contributed by atoms with Crippen LogP contribution in [0.2, 0.25) is 0 Å². The van der Waals surface area contributed by atoms with Crippen molar-refractivity contribution in [3.05, 3.63) is 57.1 Å². The molecule has 0 atom stereocenters. The van der Waals surface area contributed by atoms with Crippen LogP contribution in [-0.2, 0) is 0 Å². The first-order valence-corrected chi connectivity index (χ1v) is 6.58. The summed E-state index contributed by atoms with van der Waals surface area (Å²) in [5.41, 5.74) is 0.0733. The zero-order valence-electron chi connectivity index (χ0n) is 9.04. The smallest absolute Gasteiger partial charge is 0.269 e. The second kappa shape index (κ2) is 5.41. The molecular weight excluding hydrogens is 318 g/mol. The molecule has 92 valence electrons. The zero-order chi connectivity index (χ0) is 13.1. The summed E-state index contributed by atoms with van der Waals surface area (Å²) in [6.45, 7) is 0. The van der Waals surface area contributed by atoms with E-state index >= 15 is 0 Å². The highest BCUT2D eigenvalue weighted by molar-refractivity contribution is 9.10. The Kier molecular flexibility index (Phi) is 3.88. The average molecular weight is 326 g/mol. The Hall–Kier alpha value is -1.53. The largest absolute Gasteiger partial charge is 0.508 e. The molecular formula is C12H8BrNO3S. The monoisotopic (exact) mass is 325 g/mol. The van der Waals surface area contributed by atoms with Crippen molar-refractivity contribution in [2.75, 3.05) is 0 Å². The van der Waals surface area contributed by atoms with Crippen LogP contribution >= 0.6 is 27.7 Å². The molecule has 0 radical (unpaired) electrons. The van der Waals surface area contributed by atoms with Crippen molar-refractivity contribution in [2.45, 2.75) is 9.79 Å². The quantitative estimate of drug-likeness (QED) is 0.678. The van der Waals surface area contributed by atoms with Gasteiger partial charge in [-0.15, -0.1) is 0 Å². The minimum atomic E-state index is -0.426. The van der Waals surface area contributed by atoms with Gasteiger partial charge in [-0.2, -0.15) is 0 Å². The van der Waals surface area contributed by atoms with Crippen LogP contribution in [0.5, 0.6) is 5.75 Å². The summed E-state index contributed by atoms with van der Waals surface area (Å²) in [6, 6.07) is 11.3. The van der Waals surface area contributed by atoms with Crippen LogP contribution in [-0.4, -0.2) is 10.0 Å². The Labute approximate surface area is 116 Å². The summed E-state index contributed by atoms with van der Waals surface area (Å²) in [7, 11) is 0. The first-order valence-electron chi connectivity index (χ1n) is 4.97. The van der Waals surface area contributed by atoms with Gasteiger partial charge >= 0.3 is 0 Å². The second-order valence-electron chi connectivity index (χ2n) is 3.47. The number of hydrogen-bond acceptors (Lipinski definition) is 4. The molecule has 1 N–H and O–H groups in total. The molecule has 0 bridgehead atoms. The van der Waals surface area contributed by atoms with E-state index < -0.39 is 4.92 Å². The maximum atomic E-state index is 10.5. The van der Waals surface area contributed by atoms with E-state index in [0.29, 0.717) is 0 Å². The van der Waals surface area contributed by atoms with Crippen molar-refractivity contribution in [3.63, 3.8) is 0 Å². The predicted octanol–water partition coefficient (Wildman–Crippen LogP) is 4.21. The summed E-state index contributed by atoms with van der Waals surface area (Å²) in [5.74, 6) is 0.190. The zero-order valence-corrected chi connectivity index (χ0v) is 11.4. The number of hydrogen-bond donors (Lipinski definition) is 1.